The Morgan fingerprint density at radius 2 is 1.89 bits per heavy atom. The largest absolute Gasteiger partial charge is 0.340 e. The second-order valence-electron chi connectivity index (χ2n) is 10.6. The predicted octanol–water partition coefficient (Wildman–Crippen LogP) is 6.87. The highest BCUT2D eigenvalue weighted by atomic mass is 32.3. The Morgan fingerprint density at radius 3 is 2.55 bits per heavy atom. The smallest absolute Gasteiger partial charge is 0.332 e. The fourth-order valence-corrected chi connectivity index (χ4v) is 6.18. The van der Waals surface area contributed by atoms with Crippen molar-refractivity contribution in [3.63, 3.8) is 0 Å². The fraction of sp³-hybridized carbons (Fsp3) is 0.258. The molecule has 5 aromatic rings. The SMILES string of the molecule is C#Cc1ccc2c(c1)[nH]c1c2c(=O)c2cc(CC(C)C)c(-c3cccc(S(=O)(=O)F)c3)cc2n1C1CCC1. The summed E-state index contributed by atoms with van der Waals surface area (Å²) in [6.45, 7) is 4.18. The van der Waals surface area contributed by atoms with Crippen molar-refractivity contribution in [2.45, 2.75) is 50.5 Å². The fourth-order valence-electron chi connectivity index (χ4n) is 5.67. The summed E-state index contributed by atoms with van der Waals surface area (Å²) < 4.78 is 39.5. The Hall–Kier alpha value is -3.89. The Morgan fingerprint density at radius 1 is 1.11 bits per heavy atom. The third-order valence-electron chi connectivity index (χ3n) is 7.63. The lowest BCUT2D eigenvalue weighted by Gasteiger charge is -2.31. The average Bonchev–Trinajstić information content (AvgIpc) is 3.23. The van der Waals surface area contributed by atoms with E-state index in [4.69, 9.17) is 6.42 Å². The summed E-state index contributed by atoms with van der Waals surface area (Å²) in [5.74, 6) is 2.95. The van der Waals surface area contributed by atoms with Crippen LogP contribution < -0.4 is 5.43 Å². The van der Waals surface area contributed by atoms with E-state index in [1.807, 2.05) is 30.3 Å². The van der Waals surface area contributed by atoms with Crippen molar-refractivity contribution in [3.05, 3.63) is 75.9 Å². The summed E-state index contributed by atoms with van der Waals surface area (Å²) >= 11 is 0. The van der Waals surface area contributed by atoms with E-state index in [1.54, 1.807) is 12.1 Å². The number of nitrogens with one attached hydrogen (secondary N) is 1. The van der Waals surface area contributed by atoms with Gasteiger partial charge in [-0.2, -0.15) is 8.42 Å². The molecule has 0 saturated heterocycles. The summed E-state index contributed by atoms with van der Waals surface area (Å²) in [5, 5.41) is 2.12. The maximum Gasteiger partial charge on any atom is 0.332 e. The number of rotatable bonds is 5. The number of aromatic amines is 1. The summed E-state index contributed by atoms with van der Waals surface area (Å²) in [6.07, 6.45) is 9.41. The first-order chi connectivity index (χ1) is 18.2. The van der Waals surface area contributed by atoms with E-state index in [0.717, 1.165) is 58.0 Å². The Balaban J connectivity index is 1.74. The van der Waals surface area contributed by atoms with Gasteiger partial charge in [0.25, 0.3) is 0 Å². The lowest BCUT2D eigenvalue weighted by Crippen LogP contribution is -2.21. The minimum absolute atomic E-state index is 0.0538. The Labute approximate surface area is 220 Å². The molecular formula is C31H27FN2O3S. The zero-order chi connectivity index (χ0) is 26.8. The van der Waals surface area contributed by atoms with Crippen LogP contribution in [0.2, 0.25) is 0 Å². The molecule has 5 nitrogen and oxygen atoms in total. The third-order valence-corrected chi connectivity index (χ3v) is 8.45. The number of halogens is 1. The molecule has 2 aromatic heterocycles. The normalized spacial score (nSPS) is 14.4. The van der Waals surface area contributed by atoms with Crippen LogP contribution in [0, 0.1) is 18.3 Å². The van der Waals surface area contributed by atoms with Crippen LogP contribution in [-0.2, 0) is 16.6 Å². The number of fused-ring (bicyclic) bond motifs is 4. The van der Waals surface area contributed by atoms with E-state index >= 15 is 0 Å². The van der Waals surface area contributed by atoms with Gasteiger partial charge in [0.05, 0.1) is 15.8 Å². The van der Waals surface area contributed by atoms with Crippen LogP contribution in [0.15, 0.2) is 64.3 Å². The van der Waals surface area contributed by atoms with Crippen LogP contribution in [0.1, 0.15) is 50.3 Å². The molecule has 38 heavy (non-hydrogen) atoms. The quantitative estimate of drug-likeness (QED) is 0.201. The number of nitrogens with zero attached hydrogens (tertiary/aromatic N) is 1. The molecule has 2 heterocycles. The van der Waals surface area contributed by atoms with Gasteiger partial charge in [-0.1, -0.05) is 38.0 Å². The first-order valence-electron chi connectivity index (χ1n) is 12.8. The number of pyridine rings is 1. The highest BCUT2D eigenvalue weighted by Gasteiger charge is 2.26. The topological polar surface area (TPSA) is 71.9 Å². The minimum Gasteiger partial charge on any atom is -0.340 e. The van der Waals surface area contributed by atoms with Gasteiger partial charge in [-0.3, -0.25) is 4.79 Å². The lowest BCUT2D eigenvalue weighted by molar-refractivity contribution is 0.327. The molecular weight excluding hydrogens is 499 g/mol. The summed E-state index contributed by atoms with van der Waals surface area (Å²) in [6, 6.07) is 15.8. The van der Waals surface area contributed by atoms with Crippen molar-refractivity contribution < 1.29 is 12.3 Å². The highest BCUT2D eigenvalue weighted by Crippen LogP contribution is 2.40. The van der Waals surface area contributed by atoms with Crippen LogP contribution in [0.5, 0.6) is 0 Å². The zero-order valence-corrected chi connectivity index (χ0v) is 22.0. The lowest BCUT2D eigenvalue weighted by atomic mass is 9.89. The van der Waals surface area contributed by atoms with E-state index in [9.17, 15) is 17.1 Å². The second kappa shape index (κ2) is 8.85. The van der Waals surface area contributed by atoms with Crippen LogP contribution in [0.4, 0.5) is 3.89 Å². The molecule has 1 fully saturated rings. The van der Waals surface area contributed by atoms with Gasteiger partial charge in [-0.05, 0) is 84.7 Å². The molecule has 1 saturated carbocycles. The predicted molar refractivity (Wildman–Crippen MR) is 151 cm³/mol. The van der Waals surface area contributed by atoms with Crippen LogP contribution in [0.3, 0.4) is 0 Å². The molecule has 192 valence electrons. The number of terminal acetylenes is 1. The van der Waals surface area contributed by atoms with Gasteiger partial charge in [0.2, 0.25) is 0 Å². The molecule has 7 heteroatoms. The van der Waals surface area contributed by atoms with Gasteiger partial charge in [-0.25, -0.2) is 0 Å². The van der Waals surface area contributed by atoms with Gasteiger partial charge >= 0.3 is 10.2 Å². The molecule has 0 radical (unpaired) electrons. The van der Waals surface area contributed by atoms with Crippen molar-refractivity contribution in [1.82, 2.24) is 9.55 Å². The van der Waals surface area contributed by atoms with E-state index in [0.29, 0.717) is 22.8 Å². The summed E-state index contributed by atoms with van der Waals surface area (Å²) in [7, 11) is -4.86. The minimum atomic E-state index is -4.86. The average molecular weight is 527 g/mol. The maximum atomic E-state index is 14.1. The van der Waals surface area contributed by atoms with Crippen molar-refractivity contribution in [2.75, 3.05) is 0 Å². The maximum absolute atomic E-state index is 14.1. The number of aromatic nitrogens is 2. The van der Waals surface area contributed by atoms with Gasteiger partial charge < -0.3 is 9.55 Å². The monoisotopic (exact) mass is 526 g/mol. The van der Waals surface area contributed by atoms with Crippen molar-refractivity contribution >= 4 is 43.1 Å². The van der Waals surface area contributed by atoms with E-state index in [2.05, 4.69) is 29.3 Å². The highest BCUT2D eigenvalue weighted by molar-refractivity contribution is 7.86. The molecule has 0 atom stereocenters. The molecule has 1 aliphatic rings. The number of benzene rings is 3. The standard InChI is InChI=1S/C31H27FN2O3S/c1-4-19-11-12-24-27(14-19)33-31-29(24)30(35)26-16-21(13-18(2)3)25(17-28(26)34(31)22-8-6-9-22)20-7-5-10-23(15-20)38(32,36)37/h1,5,7,10-12,14-18,22,33H,6,8-9,13H2,2-3H3. The number of H-pyrrole nitrogens is 1. The summed E-state index contributed by atoms with van der Waals surface area (Å²) in [4.78, 5) is 17.2. The Kier molecular flexibility index (Phi) is 5.69. The Bertz CT molecular complexity index is 1970. The molecule has 1 N–H and O–H groups in total. The molecule has 0 aliphatic heterocycles. The zero-order valence-electron chi connectivity index (χ0n) is 21.2. The molecule has 1 aliphatic carbocycles. The van der Waals surface area contributed by atoms with Crippen LogP contribution in [0.25, 0.3) is 44.0 Å². The van der Waals surface area contributed by atoms with Gasteiger partial charge in [0, 0.05) is 27.9 Å². The van der Waals surface area contributed by atoms with Gasteiger partial charge in [-0.15, -0.1) is 10.3 Å². The molecule has 3 aromatic carbocycles. The van der Waals surface area contributed by atoms with E-state index in [-0.39, 0.29) is 22.3 Å². The first-order valence-corrected chi connectivity index (χ1v) is 14.2. The molecule has 0 bridgehead atoms. The van der Waals surface area contributed by atoms with Crippen molar-refractivity contribution in [3.8, 4) is 23.5 Å². The van der Waals surface area contributed by atoms with Crippen molar-refractivity contribution in [1.29, 1.82) is 0 Å². The van der Waals surface area contributed by atoms with Crippen LogP contribution in [-0.4, -0.2) is 18.0 Å². The number of hydrogen-bond donors (Lipinski definition) is 1. The first kappa shape index (κ1) is 24.4. The third kappa shape index (κ3) is 3.91. The van der Waals surface area contributed by atoms with E-state index < -0.39 is 10.2 Å². The van der Waals surface area contributed by atoms with Crippen molar-refractivity contribution in [2.24, 2.45) is 5.92 Å². The second-order valence-corrected chi connectivity index (χ2v) is 12.0. The molecule has 0 amide bonds. The molecule has 6 rings (SSSR count). The van der Waals surface area contributed by atoms with E-state index in [1.165, 1.54) is 12.1 Å². The summed E-state index contributed by atoms with van der Waals surface area (Å²) in [5.41, 5.74) is 5.37. The molecule has 0 unspecified atom stereocenters. The number of hydrogen-bond acceptors (Lipinski definition) is 3. The molecule has 0 spiro atoms. The van der Waals surface area contributed by atoms with Gasteiger partial charge in [0.1, 0.15) is 5.65 Å². The van der Waals surface area contributed by atoms with Gasteiger partial charge in [0.15, 0.2) is 5.43 Å². The van der Waals surface area contributed by atoms with Crippen LogP contribution >= 0.6 is 0 Å².